The number of rotatable bonds is 6. The molecule has 1 heterocycles. The fourth-order valence-corrected chi connectivity index (χ4v) is 0.992. The zero-order valence-electron chi connectivity index (χ0n) is 8.50. The summed E-state index contributed by atoms with van der Waals surface area (Å²) in [6.07, 6.45) is 1.71. The van der Waals surface area contributed by atoms with Gasteiger partial charge in [-0.05, 0) is 19.2 Å². The third-order valence-corrected chi connectivity index (χ3v) is 1.66. The van der Waals surface area contributed by atoms with E-state index in [1.165, 1.54) is 0 Å². The van der Waals surface area contributed by atoms with Crippen LogP contribution in [0.1, 0.15) is 0 Å². The van der Waals surface area contributed by atoms with E-state index < -0.39 is 0 Å². The van der Waals surface area contributed by atoms with E-state index in [0.29, 0.717) is 0 Å². The van der Waals surface area contributed by atoms with Crippen LogP contribution >= 0.6 is 0 Å². The maximum absolute atomic E-state index is 4.75. The van der Waals surface area contributed by atoms with Gasteiger partial charge in [0.25, 0.3) is 0 Å². The Morgan fingerprint density at radius 3 is 2.79 bits per heavy atom. The van der Waals surface area contributed by atoms with Gasteiger partial charge < -0.3 is 10.6 Å². The van der Waals surface area contributed by atoms with Crippen molar-refractivity contribution in [2.75, 3.05) is 38.0 Å². The maximum Gasteiger partial charge on any atom is 0.126 e. The number of anilines is 2. The summed E-state index contributed by atoms with van der Waals surface area (Å²) in [5.74, 6) is 0.863. The minimum absolute atomic E-state index is 0.840. The molecule has 0 atom stereocenters. The smallest absolute Gasteiger partial charge is 0.126 e. The minimum atomic E-state index is 0.840. The van der Waals surface area contributed by atoms with E-state index in [-0.39, 0.29) is 0 Å². The van der Waals surface area contributed by atoms with Gasteiger partial charge in [-0.25, -0.2) is 4.98 Å². The fraction of sp³-hybridized carbons (Fsp3) is 0.444. The molecule has 0 aliphatic heterocycles. The Labute approximate surface area is 83.8 Å². The first-order chi connectivity index (χ1) is 6.86. The van der Waals surface area contributed by atoms with Crippen molar-refractivity contribution in [3.05, 3.63) is 18.3 Å². The molecule has 5 nitrogen and oxygen atoms in total. The first-order valence-corrected chi connectivity index (χ1v) is 4.50. The van der Waals surface area contributed by atoms with Crippen LogP contribution in [0, 0.1) is 0 Å². The van der Waals surface area contributed by atoms with Gasteiger partial charge in [0.2, 0.25) is 0 Å². The van der Waals surface area contributed by atoms with Gasteiger partial charge in [0.05, 0.1) is 19.0 Å². The second kappa shape index (κ2) is 6.17. The average molecular weight is 196 g/mol. The molecule has 0 spiro atoms. The van der Waals surface area contributed by atoms with Crippen molar-refractivity contribution in [3.8, 4) is 0 Å². The molecule has 0 amide bonds. The summed E-state index contributed by atoms with van der Waals surface area (Å²) < 4.78 is 0. The molecular formula is C9H16N4O. The second-order valence-corrected chi connectivity index (χ2v) is 2.77. The molecule has 5 heteroatoms. The lowest BCUT2D eigenvalue weighted by Crippen LogP contribution is -2.18. The van der Waals surface area contributed by atoms with Gasteiger partial charge >= 0.3 is 0 Å². The molecule has 0 fully saturated rings. The summed E-state index contributed by atoms with van der Waals surface area (Å²) in [7, 11) is 3.49. The van der Waals surface area contributed by atoms with Crippen LogP contribution in [-0.4, -0.2) is 32.2 Å². The van der Waals surface area contributed by atoms with E-state index in [0.717, 1.165) is 24.6 Å². The van der Waals surface area contributed by atoms with Gasteiger partial charge in [-0.15, -0.1) is 0 Å². The number of hydrogen-bond donors (Lipinski definition) is 3. The molecule has 0 bridgehead atoms. The van der Waals surface area contributed by atoms with Crippen molar-refractivity contribution in [1.82, 2.24) is 10.3 Å². The standard InChI is InChI=1S/C9H16N4O/c1-10-5-6-11-9-4-3-8(7-12-9)13-14-2/h3-4,7,10,13H,5-6H2,1-2H3,(H,11,12). The highest BCUT2D eigenvalue weighted by atomic mass is 16.6. The molecule has 1 aromatic rings. The fourth-order valence-electron chi connectivity index (χ4n) is 0.992. The molecule has 0 aliphatic rings. The topological polar surface area (TPSA) is 58.2 Å². The van der Waals surface area contributed by atoms with Gasteiger partial charge in [0.1, 0.15) is 5.82 Å². The number of likely N-dealkylation sites (N-methyl/N-ethyl adjacent to an activating group) is 1. The quantitative estimate of drug-likeness (QED) is 0.461. The SMILES string of the molecule is CNCCNc1ccc(NOC)cn1. The molecule has 0 radical (unpaired) electrons. The molecule has 0 saturated carbocycles. The summed E-state index contributed by atoms with van der Waals surface area (Å²) in [5, 5.41) is 6.22. The summed E-state index contributed by atoms with van der Waals surface area (Å²) in [4.78, 5) is 8.93. The van der Waals surface area contributed by atoms with E-state index in [2.05, 4.69) is 21.1 Å². The Balaban J connectivity index is 2.38. The predicted molar refractivity (Wildman–Crippen MR) is 57.3 cm³/mol. The largest absolute Gasteiger partial charge is 0.369 e. The molecule has 0 aromatic carbocycles. The number of pyridine rings is 1. The molecular weight excluding hydrogens is 180 g/mol. The van der Waals surface area contributed by atoms with Crippen LogP contribution < -0.4 is 16.1 Å². The van der Waals surface area contributed by atoms with Crippen molar-refractivity contribution >= 4 is 11.5 Å². The predicted octanol–water partition coefficient (Wildman–Crippen LogP) is 0.686. The number of hydrogen-bond acceptors (Lipinski definition) is 5. The third kappa shape index (κ3) is 3.59. The van der Waals surface area contributed by atoms with Crippen LogP contribution in [0.3, 0.4) is 0 Å². The summed E-state index contributed by atoms with van der Waals surface area (Å²) in [6.45, 7) is 1.78. The highest BCUT2D eigenvalue weighted by Gasteiger charge is 1.93. The lowest BCUT2D eigenvalue weighted by atomic mass is 10.4. The van der Waals surface area contributed by atoms with E-state index in [4.69, 9.17) is 4.84 Å². The van der Waals surface area contributed by atoms with Crippen LogP contribution in [0.2, 0.25) is 0 Å². The van der Waals surface area contributed by atoms with E-state index in [9.17, 15) is 0 Å². The zero-order valence-corrected chi connectivity index (χ0v) is 8.50. The Bertz CT molecular complexity index is 249. The Morgan fingerprint density at radius 1 is 1.36 bits per heavy atom. The highest BCUT2D eigenvalue weighted by molar-refractivity contribution is 5.45. The average Bonchev–Trinajstić information content (AvgIpc) is 2.21. The molecule has 0 saturated heterocycles. The monoisotopic (exact) mass is 196 g/mol. The van der Waals surface area contributed by atoms with Crippen molar-refractivity contribution < 1.29 is 4.84 Å². The Kier molecular flexibility index (Phi) is 4.74. The van der Waals surface area contributed by atoms with E-state index in [1.54, 1.807) is 13.3 Å². The second-order valence-electron chi connectivity index (χ2n) is 2.77. The number of aromatic nitrogens is 1. The normalized spacial score (nSPS) is 9.86. The summed E-state index contributed by atoms with van der Waals surface area (Å²) in [6, 6.07) is 3.80. The molecule has 0 unspecified atom stereocenters. The Hall–Kier alpha value is -1.33. The van der Waals surface area contributed by atoms with Crippen molar-refractivity contribution in [2.24, 2.45) is 0 Å². The van der Waals surface area contributed by atoms with Crippen LogP contribution in [-0.2, 0) is 4.84 Å². The van der Waals surface area contributed by atoms with Crippen molar-refractivity contribution in [3.63, 3.8) is 0 Å². The van der Waals surface area contributed by atoms with Gasteiger partial charge in [-0.3, -0.25) is 10.3 Å². The molecule has 0 aliphatic carbocycles. The first kappa shape index (κ1) is 10.7. The number of nitrogens with one attached hydrogen (secondary N) is 3. The van der Waals surface area contributed by atoms with Crippen molar-refractivity contribution in [2.45, 2.75) is 0 Å². The molecule has 3 N–H and O–H groups in total. The highest BCUT2D eigenvalue weighted by Crippen LogP contribution is 2.08. The van der Waals surface area contributed by atoms with Crippen LogP contribution in [0.15, 0.2) is 18.3 Å². The van der Waals surface area contributed by atoms with Crippen LogP contribution in [0.25, 0.3) is 0 Å². The first-order valence-electron chi connectivity index (χ1n) is 4.50. The Morgan fingerprint density at radius 2 is 2.21 bits per heavy atom. The van der Waals surface area contributed by atoms with Gasteiger partial charge in [-0.2, -0.15) is 0 Å². The van der Waals surface area contributed by atoms with Crippen LogP contribution in [0.4, 0.5) is 11.5 Å². The lowest BCUT2D eigenvalue weighted by molar-refractivity contribution is 0.271. The third-order valence-electron chi connectivity index (χ3n) is 1.66. The lowest BCUT2D eigenvalue weighted by Gasteiger charge is -2.06. The van der Waals surface area contributed by atoms with Crippen LogP contribution in [0.5, 0.6) is 0 Å². The van der Waals surface area contributed by atoms with Gasteiger partial charge in [0.15, 0.2) is 0 Å². The van der Waals surface area contributed by atoms with Gasteiger partial charge in [-0.1, -0.05) is 0 Å². The van der Waals surface area contributed by atoms with Gasteiger partial charge in [0, 0.05) is 13.1 Å². The molecule has 1 aromatic heterocycles. The number of nitrogens with zero attached hydrogens (tertiary/aromatic N) is 1. The zero-order chi connectivity index (χ0) is 10.2. The minimum Gasteiger partial charge on any atom is -0.369 e. The van der Waals surface area contributed by atoms with Crippen molar-refractivity contribution in [1.29, 1.82) is 0 Å². The van der Waals surface area contributed by atoms with E-state index >= 15 is 0 Å². The molecule has 78 valence electrons. The molecule has 1 rings (SSSR count). The summed E-state index contributed by atoms with van der Waals surface area (Å²) >= 11 is 0. The van der Waals surface area contributed by atoms with E-state index in [1.807, 2.05) is 19.2 Å². The molecule has 14 heavy (non-hydrogen) atoms. The maximum atomic E-state index is 4.75. The summed E-state index contributed by atoms with van der Waals surface area (Å²) in [5.41, 5.74) is 3.54.